The fraction of sp³-hybridized carbons (Fsp3) is 0.444. The third-order valence-corrected chi connectivity index (χ3v) is 4.34. The number of alkyl halides is 2. The van der Waals surface area contributed by atoms with Gasteiger partial charge in [-0.25, -0.2) is 4.98 Å². The summed E-state index contributed by atoms with van der Waals surface area (Å²) in [5.74, 6) is 0.311. The summed E-state index contributed by atoms with van der Waals surface area (Å²) >= 11 is 0. The Labute approximate surface area is 149 Å². The van der Waals surface area contributed by atoms with E-state index in [0.29, 0.717) is 35.6 Å². The molecule has 0 spiro atoms. The Morgan fingerprint density at radius 2 is 2.00 bits per heavy atom. The summed E-state index contributed by atoms with van der Waals surface area (Å²) in [5.41, 5.74) is 0.363. The van der Waals surface area contributed by atoms with Crippen LogP contribution in [-0.4, -0.2) is 19.7 Å². The molecule has 3 aromatic rings. The average molecular weight is 359 g/mol. The van der Waals surface area contributed by atoms with Gasteiger partial charge in [0.15, 0.2) is 5.82 Å². The van der Waals surface area contributed by atoms with Crippen molar-refractivity contribution >= 4 is 11.0 Å². The van der Waals surface area contributed by atoms with Crippen LogP contribution in [0, 0.1) is 16.7 Å². The highest BCUT2D eigenvalue weighted by Gasteiger charge is 2.26. The lowest BCUT2D eigenvalue weighted by molar-refractivity contribution is 0.0708. The van der Waals surface area contributed by atoms with Gasteiger partial charge in [0.05, 0.1) is 28.4 Å². The number of halogens is 2. The molecular weight excluding hydrogens is 340 g/mol. The van der Waals surface area contributed by atoms with Gasteiger partial charge in [-0.3, -0.25) is 4.57 Å². The number of aryl methyl sites for hydroxylation is 1. The Hall–Kier alpha value is -2.82. The number of fused-ring (bicyclic) bond motifs is 1. The Morgan fingerprint density at radius 3 is 2.69 bits per heavy atom. The van der Waals surface area contributed by atoms with E-state index in [1.807, 2.05) is 13.8 Å². The average Bonchev–Trinajstić information content (AvgIpc) is 3.24. The van der Waals surface area contributed by atoms with E-state index in [1.165, 1.54) is 0 Å². The van der Waals surface area contributed by atoms with E-state index in [-0.39, 0.29) is 5.82 Å². The van der Waals surface area contributed by atoms with Gasteiger partial charge in [0.2, 0.25) is 5.89 Å². The molecule has 0 saturated carbocycles. The first-order chi connectivity index (χ1) is 12.3. The Bertz CT molecular complexity index is 954. The minimum atomic E-state index is -2.72. The quantitative estimate of drug-likeness (QED) is 0.649. The summed E-state index contributed by atoms with van der Waals surface area (Å²) in [6, 6.07) is 8.96. The summed E-state index contributed by atoms with van der Waals surface area (Å²) in [5, 5.41) is 13.0. The van der Waals surface area contributed by atoms with Gasteiger partial charge < -0.3 is 4.52 Å². The molecule has 2 heterocycles. The number of hydrogen-bond acceptors (Lipinski definition) is 5. The van der Waals surface area contributed by atoms with Crippen molar-refractivity contribution in [3.05, 3.63) is 41.8 Å². The van der Waals surface area contributed by atoms with Crippen LogP contribution in [-0.2, 0) is 6.42 Å². The monoisotopic (exact) mass is 359 g/mol. The van der Waals surface area contributed by atoms with Crippen molar-refractivity contribution in [3.63, 3.8) is 0 Å². The molecule has 0 amide bonds. The van der Waals surface area contributed by atoms with Crippen molar-refractivity contribution in [3.8, 4) is 6.07 Å². The fourth-order valence-electron chi connectivity index (χ4n) is 2.71. The first-order valence-electron chi connectivity index (χ1n) is 8.31. The lowest BCUT2D eigenvalue weighted by Crippen LogP contribution is -2.11. The highest BCUT2D eigenvalue weighted by atomic mass is 19.3. The molecule has 26 heavy (non-hydrogen) atoms. The SMILES string of the molecule is CC(c1noc(CCC(C)(C)C#N)n1)c1nc2ccccc2n1C(F)F. The maximum atomic E-state index is 13.6. The van der Waals surface area contributed by atoms with Gasteiger partial charge in [-0.1, -0.05) is 17.3 Å². The molecule has 2 aromatic heterocycles. The number of para-hydroxylation sites is 2. The maximum absolute atomic E-state index is 13.6. The third kappa shape index (κ3) is 3.43. The molecule has 6 nitrogen and oxygen atoms in total. The minimum Gasteiger partial charge on any atom is -0.339 e. The number of aromatic nitrogens is 4. The van der Waals surface area contributed by atoms with E-state index in [4.69, 9.17) is 9.78 Å². The molecule has 0 aliphatic heterocycles. The highest BCUT2D eigenvalue weighted by molar-refractivity contribution is 5.76. The standard InChI is InChI=1S/C18H19F2N5O/c1-11(15-23-14(26-24-15)8-9-18(2,3)10-21)16-22-12-6-4-5-7-13(12)25(16)17(19)20/h4-7,11,17H,8-9H2,1-3H3. The van der Waals surface area contributed by atoms with Crippen LogP contribution in [0.1, 0.15) is 57.2 Å². The molecule has 3 rings (SSSR count). The zero-order valence-electron chi connectivity index (χ0n) is 14.8. The minimum absolute atomic E-state index is 0.186. The van der Waals surface area contributed by atoms with Crippen molar-refractivity contribution in [2.24, 2.45) is 5.41 Å². The maximum Gasteiger partial charge on any atom is 0.320 e. The molecule has 0 N–H and O–H groups in total. The van der Waals surface area contributed by atoms with Crippen molar-refractivity contribution < 1.29 is 13.3 Å². The first-order valence-corrected chi connectivity index (χ1v) is 8.31. The lowest BCUT2D eigenvalue weighted by Gasteiger charge is -2.12. The summed E-state index contributed by atoms with van der Waals surface area (Å²) in [6.07, 6.45) is 1.01. The summed E-state index contributed by atoms with van der Waals surface area (Å²) in [6.45, 7) is 2.66. The molecule has 0 fully saturated rings. The van der Waals surface area contributed by atoms with Gasteiger partial charge in [0.1, 0.15) is 5.82 Å². The van der Waals surface area contributed by atoms with Gasteiger partial charge in [0.25, 0.3) is 0 Å². The van der Waals surface area contributed by atoms with E-state index in [1.54, 1.807) is 31.2 Å². The van der Waals surface area contributed by atoms with Crippen molar-refractivity contribution in [1.29, 1.82) is 5.26 Å². The number of benzene rings is 1. The number of nitriles is 1. The molecule has 0 aliphatic carbocycles. The molecule has 0 saturated heterocycles. The predicted octanol–water partition coefficient (Wildman–Crippen LogP) is 4.45. The number of nitrogens with zero attached hydrogens (tertiary/aromatic N) is 5. The van der Waals surface area contributed by atoms with Crippen LogP contribution in [0.15, 0.2) is 28.8 Å². The zero-order chi connectivity index (χ0) is 18.9. The largest absolute Gasteiger partial charge is 0.339 e. The lowest BCUT2D eigenvalue weighted by atomic mass is 9.90. The molecule has 0 aliphatic rings. The van der Waals surface area contributed by atoms with Crippen molar-refractivity contribution in [2.75, 3.05) is 0 Å². The fourth-order valence-corrected chi connectivity index (χ4v) is 2.71. The second-order valence-corrected chi connectivity index (χ2v) is 6.87. The van der Waals surface area contributed by atoms with Gasteiger partial charge in [-0.15, -0.1) is 0 Å². The van der Waals surface area contributed by atoms with Gasteiger partial charge in [-0.2, -0.15) is 19.0 Å². The summed E-state index contributed by atoms with van der Waals surface area (Å²) in [4.78, 5) is 8.65. The Morgan fingerprint density at radius 1 is 1.27 bits per heavy atom. The zero-order valence-corrected chi connectivity index (χ0v) is 14.8. The van der Waals surface area contributed by atoms with E-state index >= 15 is 0 Å². The molecule has 136 valence electrons. The molecule has 1 aromatic carbocycles. The topological polar surface area (TPSA) is 80.5 Å². The van der Waals surface area contributed by atoms with Crippen LogP contribution >= 0.6 is 0 Å². The molecule has 1 atom stereocenters. The third-order valence-electron chi connectivity index (χ3n) is 4.34. The normalized spacial score (nSPS) is 13.3. The Balaban J connectivity index is 1.89. The first kappa shape index (κ1) is 18.0. The van der Waals surface area contributed by atoms with Crippen LogP contribution in [0.5, 0.6) is 0 Å². The van der Waals surface area contributed by atoms with Crippen LogP contribution in [0.3, 0.4) is 0 Å². The predicted molar refractivity (Wildman–Crippen MR) is 90.5 cm³/mol. The number of rotatable bonds is 6. The number of imidazole rings is 1. The second-order valence-electron chi connectivity index (χ2n) is 6.87. The van der Waals surface area contributed by atoms with Crippen molar-refractivity contribution in [1.82, 2.24) is 19.7 Å². The molecule has 8 heteroatoms. The molecular formula is C18H19F2N5O. The van der Waals surface area contributed by atoms with Crippen LogP contribution in [0.2, 0.25) is 0 Å². The van der Waals surface area contributed by atoms with E-state index < -0.39 is 17.9 Å². The smallest absolute Gasteiger partial charge is 0.320 e. The van der Waals surface area contributed by atoms with E-state index in [0.717, 1.165) is 4.57 Å². The van der Waals surface area contributed by atoms with Crippen LogP contribution in [0.4, 0.5) is 8.78 Å². The van der Waals surface area contributed by atoms with Crippen LogP contribution in [0.25, 0.3) is 11.0 Å². The number of hydrogen-bond donors (Lipinski definition) is 0. The van der Waals surface area contributed by atoms with Crippen molar-refractivity contribution in [2.45, 2.75) is 46.1 Å². The Kier molecular flexibility index (Phi) is 4.72. The van der Waals surface area contributed by atoms with Gasteiger partial charge >= 0.3 is 6.55 Å². The summed E-state index contributed by atoms with van der Waals surface area (Å²) < 4.78 is 33.3. The van der Waals surface area contributed by atoms with Gasteiger partial charge in [-0.05, 0) is 39.3 Å². The van der Waals surface area contributed by atoms with E-state index in [2.05, 4.69) is 21.2 Å². The second kappa shape index (κ2) is 6.83. The molecule has 0 radical (unpaired) electrons. The van der Waals surface area contributed by atoms with Gasteiger partial charge in [0, 0.05) is 6.42 Å². The van der Waals surface area contributed by atoms with Crippen LogP contribution < -0.4 is 0 Å². The molecule has 1 unspecified atom stereocenters. The summed E-state index contributed by atoms with van der Waals surface area (Å²) in [7, 11) is 0. The highest BCUT2D eigenvalue weighted by Crippen LogP contribution is 2.30. The van der Waals surface area contributed by atoms with E-state index in [9.17, 15) is 8.78 Å². The molecule has 0 bridgehead atoms.